The summed E-state index contributed by atoms with van der Waals surface area (Å²) < 4.78 is 2.02. The molecule has 0 atom stereocenters. The Morgan fingerprint density at radius 3 is 1.82 bits per heavy atom. The van der Waals surface area contributed by atoms with Gasteiger partial charge >= 0.3 is 0 Å². The van der Waals surface area contributed by atoms with Crippen LogP contribution < -0.4 is 0 Å². The minimum Gasteiger partial charge on any atom is -0.233 e. The summed E-state index contributed by atoms with van der Waals surface area (Å²) in [6.07, 6.45) is 0. The molecule has 0 bridgehead atoms. The van der Waals surface area contributed by atoms with E-state index in [2.05, 4.69) is 96.1 Å². The molecule has 0 spiro atoms. The van der Waals surface area contributed by atoms with E-state index in [-0.39, 0.29) is 5.41 Å². The van der Waals surface area contributed by atoms with Crippen LogP contribution in [0.15, 0.2) is 54.6 Å². The lowest BCUT2D eigenvalue weighted by atomic mass is 9.87. The smallest absolute Gasteiger partial charge is 0.164 e. The normalized spacial score (nSPS) is 11.9. The van der Waals surface area contributed by atoms with Gasteiger partial charge in [-0.15, -0.1) is 0 Å². The molecule has 4 aromatic rings. The SMILES string of the molecule is Cc1ccc(-c2c(C(C)(C)C)nn3c(-c4ccc(C)cc4)cc(C)nc23)cc1. The van der Waals surface area contributed by atoms with Crippen LogP contribution in [0.5, 0.6) is 0 Å². The summed E-state index contributed by atoms with van der Waals surface area (Å²) in [5.41, 5.74) is 9.92. The summed E-state index contributed by atoms with van der Waals surface area (Å²) in [7, 11) is 0. The van der Waals surface area contributed by atoms with E-state index >= 15 is 0 Å². The average molecular weight is 370 g/mol. The molecule has 0 N–H and O–H groups in total. The highest BCUT2D eigenvalue weighted by Gasteiger charge is 2.27. The maximum absolute atomic E-state index is 5.08. The first-order chi connectivity index (χ1) is 13.2. The van der Waals surface area contributed by atoms with E-state index < -0.39 is 0 Å². The monoisotopic (exact) mass is 369 g/mol. The molecule has 0 radical (unpaired) electrons. The summed E-state index contributed by atoms with van der Waals surface area (Å²) in [6.45, 7) is 12.9. The molecule has 0 aliphatic rings. The molecule has 2 heterocycles. The van der Waals surface area contributed by atoms with Crippen molar-refractivity contribution in [3.63, 3.8) is 0 Å². The number of hydrogen-bond acceptors (Lipinski definition) is 2. The second-order valence-corrected chi connectivity index (χ2v) is 8.72. The van der Waals surface area contributed by atoms with E-state index in [9.17, 15) is 0 Å². The van der Waals surface area contributed by atoms with Crippen molar-refractivity contribution in [1.29, 1.82) is 0 Å². The highest BCUT2D eigenvalue weighted by molar-refractivity contribution is 5.82. The van der Waals surface area contributed by atoms with Gasteiger partial charge in [0.1, 0.15) is 0 Å². The third kappa shape index (κ3) is 3.22. The predicted octanol–water partition coefficient (Wildman–Crippen LogP) is 6.29. The average Bonchev–Trinajstić information content (AvgIpc) is 3.02. The zero-order chi connectivity index (χ0) is 20.1. The van der Waals surface area contributed by atoms with Crippen LogP contribution in [0.25, 0.3) is 28.0 Å². The first-order valence-electron chi connectivity index (χ1n) is 9.79. The zero-order valence-electron chi connectivity index (χ0n) is 17.5. The maximum Gasteiger partial charge on any atom is 0.164 e. The van der Waals surface area contributed by atoms with Gasteiger partial charge in [-0.1, -0.05) is 80.4 Å². The minimum atomic E-state index is -0.0909. The van der Waals surface area contributed by atoms with E-state index in [0.29, 0.717) is 0 Å². The van der Waals surface area contributed by atoms with E-state index in [0.717, 1.165) is 33.9 Å². The molecule has 142 valence electrons. The Kier molecular flexibility index (Phi) is 4.34. The highest BCUT2D eigenvalue weighted by Crippen LogP contribution is 2.37. The first kappa shape index (κ1) is 18.4. The third-order valence-electron chi connectivity index (χ3n) is 5.12. The van der Waals surface area contributed by atoms with Gasteiger partial charge in [0.05, 0.1) is 17.0 Å². The fraction of sp³-hybridized carbons (Fsp3) is 0.280. The molecule has 0 aliphatic carbocycles. The van der Waals surface area contributed by atoms with Crippen molar-refractivity contribution in [2.24, 2.45) is 0 Å². The second kappa shape index (κ2) is 6.59. The Hall–Kier alpha value is -2.94. The highest BCUT2D eigenvalue weighted by atomic mass is 15.3. The lowest BCUT2D eigenvalue weighted by Gasteiger charge is -2.17. The van der Waals surface area contributed by atoms with Crippen molar-refractivity contribution in [3.8, 4) is 22.4 Å². The third-order valence-corrected chi connectivity index (χ3v) is 5.12. The zero-order valence-corrected chi connectivity index (χ0v) is 17.5. The lowest BCUT2D eigenvalue weighted by molar-refractivity contribution is 0.564. The van der Waals surface area contributed by atoms with E-state index in [1.54, 1.807) is 0 Å². The van der Waals surface area contributed by atoms with Gasteiger partial charge in [-0.05, 0) is 32.4 Å². The summed E-state index contributed by atoms with van der Waals surface area (Å²) >= 11 is 0. The Morgan fingerprint density at radius 1 is 0.750 bits per heavy atom. The number of rotatable bonds is 2. The maximum atomic E-state index is 5.08. The van der Waals surface area contributed by atoms with E-state index in [1.807, 2.05) is 4.52 Å². The molecule has 0 amide bonds. The van der Waals surface area contributed by atoms with Crippen molar-refractivity contribution >= 4 is 5.65 Å². The summed E-state index contributed by atoms with van der Waals surface area (Å²) in [5.74, 6) is 0. The summed E-state index contributed by atoms with van der Waals surface area (Å²) in [6, 6.07) is 19.4. The Morgan fingerprint density at radius 2 is 1.29 bits per heavy atom. The molecular weight excluding hydrogens is 342 g/mol. The first-order valence-corrected chi connectivity index (χ1v) is 9.79. The van der Waals surface area contributed by atoms with Gasteiger partial charge in [-0.2, -0.15) is 5.10 Å². The molecule has 0 unspecified atom stereocenters. The molecule has 28 heavy (non-hydrogen) atoms. The van der Waals surface area contributed by atoms with Crippen LogP contribution in [-0.2, 0) is 5.41 Å². The Labute approximate surface area is 167 Å². The number of aromatic nitrogens is 3. The largest absolute Gasteiger partial charge is 0.233 e. The molecule has 0 saturated heterocycles. The Bertz CT molecular complexity index is 1140. The van der Waals surface area contributed by atoms with Gasteiger partial charge in [0.2, 0.25) is 0 Å². The predicted molar refractivity (Wildman–Crippen MR) is 117 cm³/mol. The minimum absolute atomic E-state index is 0.0909. The van der Waals surface area contributed by atoms with Crippen molar-refractivity contribution in [1.82, 2.24) is 14.6 Å². The fourth-order valence-corrected chi connectivity index (χ4v) is 3.58. The summed E-state index contributed by atoms with van der Waals surface area (Å²) in [5, 5.41) is 5.08. The van der Waals surface area contributed by atoms with Crippen LogP contribution in [0.3, 0.4) is 0 Å². The van der Waals surface area contributed by atoms with Crippen molar-refractivity contribution in [2.75, 3.05) is 0 Å². The second-order valence-electron chi connectivity index (χ2n) is 8.72. The molecule has 3 heteroatoms. The van der Waals surface area contributed by atoms with Gasteiger partial charge in [-0.25, -0.2) is 9.50 Å². The molecule has 3 nitrogen and oxygen atoms in total. The molecule has 0 aliphatic heterocycles. The van der Waals surface area contributed by atoms with Crippen LogP contribution in [0, 0.1) is 20.8 Å². The molecule has 2 aromatic heterocycles. The van der Waals surface area contributed by atoms with Gasteiger partial charge in [0.15, 0.2) is 5.65 Å². The number of fused-ring (bicyclic) bond motifs is 1. The van der Waals surface area contributed by atoms with Crippen molar-refractivity contribution in [2.45, 2.75) is 47.0 Å². The molecular formula is C25H27N3. The number of hydrogen-bond donors (Lipinski definition) is 0. The van der Waals surface area contributed by atoms with Gasteiger partial charge in [0.25, 0.3) is 0 Å². The van der Waals surface area contributed by atoms with Crippen LogP contribution >= 0.6 is 0 Å². The number of nitrogens with zero attached hydrogens (tertiary/aromatic N) is 3. The van der Waals surface area contributed by atoms with E-state index in [1.165, 1.54) is 16.7 Å². The fourth-order valence-electron chi connectivity index (χ4n) is 3.58. The van der Waals surface area contributed by atoms with Crippen molar-refractivity contribution < 1.29 is 0 Å². The van der Waals surface area contributed by atoms with Crippen LogP contribution in [0.4, 0.5) is 0 Å². The topological polar surface area (TPSA) is 30.2 Å². The van der Waals surface area contributed by atoms with Crippen LogP contribution in [-0.4, -0.2) is 14.6 Å². The van der Waals surface area contributed by atoms with E-state index in [4.69, 9.17) is 10.1 Å². The lowest BCUT2D eigenvalue weighted by Crippen LogP contribution is -2.13. The van der Waals surface area contributed by atoms with Crippen molar-refractivity contribution in [3.05, 3.63) is 77.1 Å². The number of aryl methyl sites for hydroxylation is 3. The summed E-state index contributed by atoms with van der Waals surface area (Å²) in [4.78, 5) is 4.91. The Balaban J connectivity index is 2.08. The van der Waals surface area contributed by atoms with Gasteiger partial charge in [0, 0.05) is 16.7 Å². The van der Waals surface area contributed by atoms with Gasteiger partial charge < -0.3 is 0 Å². The quantitative estimate of drug-likeness (QED) is 0.416. The molecule has 4 rings (SSSR count). The van der Waals surface area contributed by atoms with Gasteiger partial charge in [-0.3, -0.25) is 0 Å². The van der Waals surface area contributed by atoms with Crippen LogP contribution in [0.1, 0.15) is 43.3 Å². The molecule has 0 saturated carbocycles. The van der Waals surface area contributed by atoms with Crippen LogP contribution in [0.2, 0.25) is 0 Å². The molecule has 0 fully saturated rings. The number of benzene rings is 2. The molecule has 2 aromatic carbocycles. The standard InChI is InChI=1S/C25H27N3/c1-16-7-11-19(12-8-16)21-15-18(3)26-24-22(20-13-9-17(2)10-14-20)23(25(4,5)6)27-28(21)24/h7-15H,1-6H3.